The number of sulfonamides is 1. The van der Waals surface area contributed by atoms with Gasteiger partial charge in [0.15, 0.2) is 10.7 Å². The Morgan fingerprint density at radius 2 is 1.76 bits per heavy atom. The van der Waals surface area contributed by atoms with Gasteiger partial charge in [-0.2, -0.15) is 4.31 Å². The summed E-state index contributed by atoms with van der Waals surface area (Å²) in [7, 11) is -3.85. The van der Waals surface area contributed by atoms with Crippen molar-refractivity contribution in [1.29, 1.82) is 0 Å². The van der Waals surface area contributed by atoms with Gasteiger partial charge in [0.2, 0.25) is 15.9 Å². The van der Waals surface area contributed by atoms with E-state index in [1.807, 2.05) is 43.0 Å². The Morgan fingerprint density at radius 3 is 2.50 bits per heavy atom. The molecule has 2 aliphatic heterocycles. The lowest BCUT2D eigenvalue weighted by molar-refractivity contribution is -0.136. The summed E-state index contributed by atoms with van der Waals surface area (Å²) >= 11 is 0. The van der Waals surface area contributed by atoms with Crippen LogP contribution < -0.4 is 0 Å². The fraction of sp³-hybridized carbons (Fsp3) is 0.538. The Kier molecular flexibility index (Phi) is 7.57. The summed E-state index contributed by atoms with van der Waals surface area (Å²) in [6, 6.07) is 6.13. The number of hydrogen-bond donors (Lipinski definition) is 0. The van der Waals surface area contributed by atoms with Gasteiger partial charge in [0.25, 0.3) is 0 Å². The summed E-state index contributed by atoms with van der Waals surface area (Å²) < 4.78 is 34.3. The van der Waals surface area contributed by atoms with Gasteiger partial charge in [-0.3, -0.25) is 4.79 Å². The van der Waals surface area contributed by atoms with Crippen molar-refractivity contribution < 1.29 is 17.7 Å². The van der Waals surface area contributed by atoms with Crippen LogP contribution >= 0.6 is 0 Å². The standard InChI is InChI=1S/C26H35N3O4S/c1-19-10-11-20(2)22(17-19)12-13-24-25(21(3)27-33-24)34(31,32)29-16-8-9-23(18-29)26(30)28-14-6-4-5-7-15-28/h10-13,17,23H,4-9,14-16,18H2,1-3H3/b13-12+/t23-/m0/s1. The number of nitrogens with zero attached hydrogens (tertiary/aromatic N) is 3. The molecule has 34 heavy (non-hydrogen) atoms. The average Bonchev–Trinajstić information content (AvgIpc) is 3.02. The minimum Gasteiger partial charge on any atom is -0.355 e. The minimum atomic E-state index is -3.85. The molecular weight excluding hydrogens is 450 g/mol. The SMILES string of the molecule is Cc1ccc(C)c(/C=C/c2onc(C)c2S(=O)(=O)N2CCC[C@H](C(=O)N3CCCCCC3)C2)c1. The molecule has 2 saturated heterocycles. The first kappa shape index (κ1) is 24.7. The number of carbonyl (C=O) groups is 1. The third-order valence-corrected chi connectivity index (χ3v) is 8.96. The fourth-order valence-electron chi connectivity index (χ4n) is 4.94. The van der Waals surface area contributed by atoms with Gasteiger partial charge in [-0.05, 0) is 63.7 Å². The van der Waals surface area contributed by atoms with Crippen LogP contribution in [0.3, 0.4) is 0 Å². The molecule has 0 bridgehead atoms. The van der Waals surface area contributed by atoms with Crippen LogP contribution in [0.2, 0.25) is 0 Å². The molecule has 4 rings (SSSR count). The molecule has 2 fully saturated rings. The van der Waals surface area contributed by atoms with Gasteiger partial charge < -0.3 is 9.42 Å². The molecule has 0 spiro atoms. The second-order valence-electron chi connectivity index (χ2n) is 9.60. The van der Waals surface area contributed by atoms with Gasteiger partial charge in [-0.25, -0.2) is 8.42 Å². The second kappa shape index (κ2) is 10.4. The summed E-state index contributed by atoms with van der Waals surface area (Å²) in [6.45, 7) is 7.84. The van der Waals surface area contributed by atoms with E-state index < -0.39 is 10.0 Å². The van der Waals surface area contributed by atoms with E-state index in [-0.39, 0.29) is 29.0 Å². The van der Waals surface area contributed by atoms with E-state index in [1.165, 1.54) is 4.31 Å². The highest BCUT2D eigenvalue weighted by molar-refractivity contribution is 7.89. The number of piperidine rings is 1. The molecule has 0 unspecified atom stereocenters. The Morgan fingerprint density at radius 1 is 1.03 bits per heavy atom. The van der Waals surface area contributed by atoms with Crippen LogP contribution in [0.15, 0.2) is 27.6 Å². The van der Waals surface area contributed by atoms with Crippen LogP contribution in [0.4, 0.5) is 0 Å². The van der Waals surface area contributed by atoms with E-state index in [0.717, 1.165) is 61.9 Å². The molecule has 1 aromatic carbocycles. The highest BCUT2D eigenvalue weighted by Crippen LogP contribution is 2.30. The summed E-state index contributed by atoms with van der Waals surface area (Å²) in [4.78, 5) is 15.2. The summed E-state index contributed by atoms with van der Waals surface area (Å²) in [5, 5.41) is 3.96. The van der Waals surface area contributed by atoms with Crippen molar-refractivity contribution in [1.82, 2.24) is 14.4 Å². The second-order valence-corrected chi connectivity index (χ2v) is 11.5. The zero-order chi connectivity index (χ0) is 24.3. The zero-order valence-electron chi connectivity index (χ0n) is 20.4. The Bertz CT molecular complexity index is 1160. The fourth-order valence-corrected chi connectivity index (χ4v) is 6.72. The molecule has 0 saturated carbocycles. The number of hydrogen-bond acceptors (Lipinski definition) is 5. The quantitative estimate of drug-likeness (QED) is 0.619. The molecule has 0 N–H and O–H groups in total. The highest BCUT2D eigenvalue weighted by Gasteiger charge is 2.38. The van der Waals surface area contributed by atoms with E-state index in [1.54, 1.807) is 13.0 Å². The highest BCUT2D eigenvalue weighted by atomic mass is 32.2. The summed E-state index contributed by atoms with van der Waals surface area (Å²) in [5.41, 5.74) is 3.55. The monoisotopic (exact) mass is 485 g/mol. The van der Waals surface area contributed by atoms with Gasteiger partial charge >= 0.3 is 0 Å². The lowest BCUT2D eigenvalue weighted by atomic mass is 9.98. The molecule has 1 atom stereocenters. The number of benzene rings is 1. The van der Waals surface area contributed by atoms with E-state index in [0.29, 0.717) is 18.7 Å². The van der Waals surface area contributed by atoms with Crippen LogP contribution in [0.1, 0.15) is 66.7 Å². The average molecular weight is 486 g/mol. The molecule has 1 aromatic heterocycles. The van der Waals surface area contributed by atoms with Crippen LogP contribution in [-0.4, -0.2) is 54.9 Å². The Hall–Kier alpha value is -2.45. The zero-order valence-corrected chi connectivity index (χ0v) is 21.2. The van der Waals surface area contributed by atoms with Gasteiger partial charge in [0, 0.05) is 26.2 Å². The topological polar surface area (TPSA) is 83.7 Å². The van der Waals surface area contributed by atoms with Gasteiger partial charge in [0.1, 0.15) is 5.69 Å². The van der Waals surface area contributed by atoms with Crippen molar-refractivity contribution >= 4 is 28.1 Å². The van der Waals surface area contributed by atoms with Crippen molar-refractivity contribution in [2.75, 3.05) is 26.2 Å². The first-order valence-electron chi connectivity index (χ1n) is 12.3. The van der Waals surface area contributed by atoms with Crippen LogP contribution in [-0.2, 0) is 14.8 Å². The summed E-state index contributed by atoms with van der Waals surface area (Å²) in [5.74, 6) is 0.0222. The lowest BCUT2D eigenvalue weighted by Gasteiger charge is -2.34. The number of aromatic nitrogens is 1. The van der Waals surface area contributed by atoms with Crippen molar-refractivity contribution in [3.63, 3.8) is 0 Å². The predicted molar refractivity (Wildman–Crippen MR) is 133 cm³/mol. The van der Waals surface area contributed by atoms with Crippen molar-refractivity contribution in [2.45, 2.75) is 64.2 Å². The molecule has 0 radical (unpaired) electrons. The molecule has 7 nitrogen and oxygen atoms in total. The predicted octanol–water partition coefficient (Wildman–Crippen LogP) is 4.57. The van der Waals surface area contributed by atoms with E-state index >= 15 is 0 Å². The molecule has 8 heteroatoms. The number of carbonyl (C=O) groups excluding carboxylic acids is 1. The smallest absolute Gasteiger partial charge is 0.248 e. The number of likely N-dealkylation sites (tertiary alicyclic amines) is 1. The van der Waals surface area contributed by atoms with Crippen molar-refractivity contribution in [3.05, 3.63) is 46.3 Å². The first-order valence-corrected chi connectivity index (χ1v) is 13.7. The maximum Gasteiger partial charge on any atom is 0.248 e. The van der Waals surface area contributed by atoms with Crippen LogP contribution in [0.25, 0.3) is 12.2 Å². The van der Waals surface area contributed by atoms with Crippen LogP contribution in [0.5, 0.6) is 0 Å². The summed E-state index contributed by atoms with van der Waals surface area (Å²) in [6.07, 6.45) is 9.29. The van der Waals surface area contributed by atoms with Crippen molar-refractivity contribution in [2.24, 2.45) is 5.92 Å². The molecule has 2 aliphatic rings. The first-order chi connectivity index (χ1) is 16.3. The lowest BCUT2D eigenvalue weighted by Crippen LogP contribution is -2.47. The van der Waals surface area contributed by atoms with E-state index in [4.69, 9.17) is 4.52 Å². The van der Waals surface area contributed by atoms with Crippen molar-refractivity contribution in [3.8, 4) is 0 Å². The molecule has 1 amide bonds. The molecular formula is C26H35N3O4S. The van der Waals surface area contributed by atoms with Gasteiger partial charge in [0.05, 0.1) is 5.92 Å². The maximum atomic E-state index is 13.7. The van der Waals surface area contributed by atoms with Crippen LogP contribution in [0, 0.1) is 26.7 Å². The number of amides is 1. The largest absolute Gasteiger partial charge is 0.355 e. The number of aryl methyl sites for hydroxylation is 3. The van der Waals surface area contributed by atoms with Gasteiger partial charge in [-0.15, -0.1) is 0 Å². The Labute approximate surface area is 202 Å². The molecule has 3 heterocycles. The Balaban J connectivity index is 1.56. The van der Waals surface area contributed by atoms with Gasteiger partial charge in [-0.1, -0.05) is 47.8 Å². The normalized spacial score (nSPS) is 20.6. The number of rotatable bonds is 5. The van der Waals surface area contributed by atoms with E-state index in [2.05, 4.69) is 5.16 Å². The van der Waals surface area contributed by atoms with E-state index in [9.17, 15) is 13.2 Å². The third kappa shape index (κ3) is 5.28. The molecule has 184 valence electrons. The molecule has 0 aliphatic carbocycles. The maximum absolute atomic E-state index is 13.7. The molecule has 2 aromatic rings. The minimum absolute atomic E-state index is 0.0944. The third-order valence-electron chi connectivity index (χ3n) is 6.93.